The van der Waals surface area contributed by atoms with Gasteiger partial charge in [0.2, 0.25) is 0 Å². The van der Waals surface area contributed by atoms with Gasteiger partial charge in [0, 0.05) is 37.7 Å². The van der Waals surface area contributed by atoms with Crippen molar-refractivity contribution in [2.24, 2.45) is 5.92 Å². The Morgan fingerprint density at radius 1 is 1.00 bits per heavy atom. The molecule has 150 valence electrons. The van der Waals surface area contributed by atoms with Crippen molar-refractivity contribution in [2.45, 2.75) is 27.7 Å². The Balaban J connectivity index is 2.20. The lowest BCUT2D eigenvalue weighted by molar-refractivity contribution is 0.0949. The highest BCUT2D eigenvalue weighted by Crippen LogP contribution is 2.24. The zero-order valence-electron chi connectivity index (χ0n) is 17.5. The highest BCUT2D eigenvalue weighted by atomic mass is 16.2. The molecule has 2 aromatic carbocycles. The first-order valence-electron chi connectivity index (χ1n) is 9.42. The molecule has 3 N–H and O–H groups in total. The third-order valence-electron chi connectivity index (χ3n) is 4.37. The van der Waals surface area contributed by atoms with Gasteiger partial charge >= 0.3 is 6.03 Å². The predicted octanol–water partition coefficient (Wildman–Crippen LogP) is 4.40. The molecule has 0 aliphatic rings. The highest BCUT2D eigenvalue weighted by molar-refractivity contribution is 6.04. The van der Waals surface area contributed by atoms with Crippen molar-refractivity contribution in [3.05, 3.63) is 53.1 Å². The van der Waals surface area contributed by atoms with Gasteiger partial charge < -0.3 is 20.9 Å². The molecule has 0 aliphatic heterocycles. The van der Waals surface area contributed by atoms with Crippen molar-refractivity contribution < 1.29 is 9.59 Å². The van der Waals surface area contributed by atoms with Crippen LogP contribution in [-0.2, 0) is 0 Å². The van der Waals surface area contributed by atoms with E-state index in [1.54, 1.807) is 12.1 Å². The van der Waals surface area contributed by atoms with E-state index in [4.69, 9.17) is 0 Å². The van der Waals surface area contributed by atoms with Gasteiger partial charge in [0.1, 0.15) is 0 Å². The van der Waals surface area contributed by atoms with Crippen LogP contribution in [0.4, 0.5) is 21.9 Å². The summed E-state index contributed by atoms with van der Waals surface area (Å²) in [6.07, 6.45) is 0. The number of nitrogens with zero attached hydrogens (tertiary/aromatic N) is 1. The number of amides is 3. The van der Waals surface area contributed by atoms with Crippen LogP contribution in [0.15, 0.2) is 36.4 Å². The first-order valence-corrected chi connectivity index (χ1v) is 9.42. The lowest BCUT2D eigenvalue weighted by Gasteiger charge is -2.19. The molecule has 2 aromatic rings. The molecule has 6 nitrogen and oxygen atoms in total. The minimum atomic E-state index is -0.344. The van der Waals surface area contributed by atoms with Crippen LogP contribution in [0.2, 0.25) is 0 Å². The van der Waals surface area contributed by atoms with Crippen LogP contribution in [0.1, 0.15) is 35.3 Å². The van der Waals surface area contributed by atoms with E-state index in [1.807, 2.05) is 71.0 Å². The summed E-state index contributed by atoms with van der Waals surface area (Å²) in [6.45, 7) is 8.58. The van der Waals surface area contributed by atoms with Crippen LogP contribution in [0.25, 0.3) is 0 Å². The molecule has 0 atom stereocenters. The number of carbonyl (C=O) groups excluding carboxylic acids is 2. The molecule has 3 amide bonds. The van der Waals surface area contributed by atoms with Crippen molar-refractivity contribution in [1.82, 2.24) is 5.32 Å². The summed E-state index contributed by atoms with van der Waals surface area (Å²) < 4.78 is 0. The van der Waals surface area contributed by atoms with Crippen LogP contribution in [0.5, 0.6) is 0 Å². The molecule has 0 heterocycles. The number of hydrogen-bond donors (Lipinski definition) is 3. The van der Waals surface area contributed by atoms with Crippen LogP contribution < -0.4 is 20.9 Å². The number of carbonyl (C=O) groups is 2. The van der Waals surface area contributed by atoms with Crippen LogP contribution >= 0.6 is 0 Å². The topological polar surface area (TPSA) is 73.5 Å². The molecule has 0 saturated heterocycles. The van der Waals surface area contributed by atoms with Gasteiger partial charge in [-0.1, -0.05) is 32.0 Å². The summed E-state index contributed by atoms with van der Waals surface area (Å²) in [7, 11) is 3.77. The van der Waals surface area contributed by atoms with Gasteiger partial charge in [0.15, 0.2) is 0 Å². The summed E-state index contributed by atoms with van der Waals surface area (Å²) in [4.78, 5) is 27.0. The minimum Gasteiger partial charge on any atom is -0.377 e. The Hall–Kier alpha value is -3.02. The molecule has 0 aromatic heterocycles. The second-order valence-electron chi connectivity index (χ2n) is 7.58. The van der Waals surface area contributed by atoms with E-state index in [9.17, 15) is 9.59 Å². The van der Waals surface area contributed by atoms with E-state index in [0.717, 1.165) is 22.5 Å². The van der Waals surface area contributed by atoms with Gasteiger partial charge in [-0.2, -0.15) is 0 Å². The fraction of sp³-hybridized carbons (Fsp3) is 0.364. The van der Waals surface area contributed by atoms with Crippen molar-refractivity contribution in [3.63, 3.8) is 0 Å². The zero-order chi connectivity index (χ0) is 20.8. The van der Waals surface area contributed by atoms with Crippen LogP contribution in [0.3, 0.4) is 0 Å². The van der Waals surface area contributed by atoms with Crippen molar-refractivity contribution in [3.8, 4) is 0 Å². The number of benzene rings is 2. The fourth-order valence-electron chi connectivity index (χ4n) is 2.87. The molecule has 0 aliphatic carbocycles. The van der Waals surface area contributed by atoms with Gasteiger partial charge in [0.05, 0.1) is 5.56 Å². The molecule has 0 spiro atoms. The van der Waals surface area contributed by atoms with Gasteiger partial charge in [-0.3, -0.25) is 4.79 Å². The molecular formula is C22H30N4O2. The number of rotatable bonds is 6. The van der Waals surface area contributed by atoms with E-state index in [1.165, 1.54) is 0 Å². The monoisotopic (exact) mass is 382 g/mol. The van der Waals surface area contributed by atoms with E-state index in [-0.39, 0.29) is 11.9 Å². The number of anilines is 3. The average molecular weight is 383 g/mol. The SMILES string of the molecule is Cc1cccc(C)c1NC(=O)Nc1ccc(N(C)C)c(C(=O)NCC(C)C)c1. The first kappa shape index (κ1) is 21.3. The van der Waals surface area contributed by atoms with E-state index in [0.29, 0.717) is 23.7 Å². The third-order valence-corrected chi connectivity index (χ3v) is 4.37. The molecule has 28 heavy (non-hydrogen) atoms. The molecule has 0 saturated carbocycles. The van der Waals surface area contributed by atoms with Crippen molar-refractivity contribution >= 4 is 29.0 Å². The zero-order valence-corrected chi connectivity index (χ0v) is 17.5. The second-order valence-corrected chi connectivity index (χ2v) is 7.58. The van der Waals surface area contributed by atoms with Crippen molar-refractivity contribution in [2.75, 3.05) is 36.2 Å². The Kier molecular flexibility index (Phi) is 7.04. The maximum absolute atomic E-state index is 12.6. The number of aryl methyl sites for hydroxylation is 2. The Morgan fingerprint density at radius 2 is 1.64 bits per heavy atom. The van der Waals surface area contributed by atoms with Gasteiger partial charge in [-0.05, 0) is 49.1 Å². The number of para-hydroxylation sites is 1. The summed E-state index contributed by atoms with van der Waals surface area (Å²) in [5.74, 6) is 0.201. The number of hydrogen-bond acceptors (Lipinski definition) is 3. The Bertz CT molecular complexity index is 839. The predicted molar refractivity (Wildman–Crippen MR) is 116 cm³/mol. The number of nitrogens with one attached hydrogen (secondary N) is 3. The smallest absolute Gasteiger partial charge is 0.323 e. The third kappa shape index (κ3) is 5.49. The summed E-state index contributed by atoms with van der Waals surface area (Å²) in [6, 6.07) is 10.8. The Labute approximate surface area is 167 Å². The molecule has 0 unspecified atom stereocenters. The lowest BCUT2D eigenvalue weighted by Crippen LogP contribution is -2.29. The molecule has 6 heteroatoms. The molecule has 0 bridgehead atoms. The summed E-state index contributed by atoms with van der Waals surface area (Å²) in [5.41, 5.74) is 4.65. The largest absolute Gasteiger partial charge is 0.377 e. The molecule has 2 rings (SSSR count). The average Bonchev–Trinajstić information content (AvgIpc) is 2.62. The fourth-order valence-corrected chi connectivity index (χ4v) is 2.87. The standard InChI is InChI=1S/C22H30N4O2/c1-14(2)13-23-21(27)18-12-17(10-11-19(18)26(5)6)24-22(28)25-20-15(3)8-7-9-16(20)4/h7-12,14H,13H2,1-6H3,(H,23,27)(H2,24,25,28). The van der Waals surface area contributed by atoms with E-state index >= 15 is 0 Å². The van der Waals surface area contributed by atoms with Crippen LogP contribution in [-0.4, -0.2) is 32.6 Å². The minimum absolute atomic E-state index is 0.156. The van der Waals surface area contributed by atoms with Gasteiger partial charge in [0.25, 0.3) is 5.91 Å². The van der Waals surface area contributed by atoms with E-state index in [2.05, 4.69) is 16.0 Å². The Morgan fingerprint density at radius 3 is 2.21 bits per heavy atom. The quantitative estimate of drug-likeness (QED) is 0.693. The second kappa shape index (κ2) is 9.26. The molecule has 0 radical (unpaired) electrons. The van der Waals surface area contributed by atoms with Crippen molar-refractivity contribution in [1.29, 1.82) is 0 Å². The lowest BCUT2D eigenvalue weighted by atomic mass is 10.1. The molecular weight excluding hydrogens is 352 g/mol. The number of urea groups is 1. The first-order chi connectivity index (χ1) is 13.2. The maximum atomic E-state index is 12.6. The van der Waals surface area contributed by atoms with Gasteiger partial charge in [-0.25, -0.2) is 4.79 Å². The normalized spacial score (nSPS) is 10.5. The summed E-state index contributed by atoms with van der Waals surface area (Å²) >= 11 is 0. The van der Waals surface area contributed by atoms with Gasteiger partial charge in [-0.15, -0.1) is 0 Å². The summed E-state index contributed by atoms with van der Waals surface area (Å²) in [5, 5.41) is 8.65. The van der Waals surface area contributed by atoms with Crippen LogP contribution in [0, 0.1) is 19.8 Å². The highest BCUT2D eigenvalue weighted by Gasteiger charge is 2.15. The maximum Gasteiger partial charge on any atom is 0.323 e. The molecule has 0 fully saturated rings. The van der Waals surface area contributed by atoms with E-state index < -0.39 is 0 Å².